The molecule has 0 saturated heterocycles. The number of carbonyl (C=O) groups is 1. The second kappa shape index (κ2) is 6.02. The van der Waals surface area contributed by atoms with E-state index >= 15 is 0 Å². The van der Waals surface area contributed by atoms with Gasteiger partial charge < -0.3 is 10.2 Å². The molecule has 0 aromatic carbocycles. The quantitative estimate of drug-likeness (QED) is 0.682. The topological polar surface area (TPSA) is 32.3 Å². The molecule has 3 heteroatoms. The van der Waals surface area contributed by atoms with Crippen LogP contribution in [0.1, 0.15) is 33.6 Å². The summed E-state index contributed by atoms with van der Waals surface area (Å²) in [6.07, 6.45) is 1.57. The predicted molar refractivity (Wildman–Crippen MR) is 60.3 cm³/mol. The van der Waals surface area contributed by atoms with E-state index in [2.05, 4.69) is 26.1 Å². The SMILES string of the molecule is CNCCCC(=O)N(C)CC(C)(C)C. The molecule has 14 heavy (non-hydrogen) atoms. The first kappa shape index (κ1) is 13.4. The van der Waals surface area contributed by atoms with Gasteiger partial charge in [-0.15, -0.1) is 0 Å². The first-order chi connectivity index (χ1) is 6.37. The standard InChI is InChI=1S/C11H24N2O/c1-11(2,3)9-13(5)10(14)7-6-8-12-4/h12H,6-9H2,1-5H3. The van der Waals surface area contributed by atoms with Crippen LogP contribution in [0.4, 0.5) is 0 Å². The van der Waals surface area contributed by atoms with Crippen LogP contribution in [-0.4, -0.2) is 38.0 Å². The van der Waals surface area contributed by atoms with Gasteiger partial charge >= 0.3 is 0 Å². The van der Waals surface area contributed by atoms with Crippen LogP contribution >= 0.6 is 0 Å². The van der Waals surface area contributed by atoms with Crippen molar-refractivity contribution in [1.82, 2.24) is 10.2 Å². The average molecular weight is 200 g/mol. The van der Waals surface area contributed by atoms with E-state index in [-0.39, 0.29) is 11.3 Å². The highest BCUT2D eigenvalue weighted by molar-refractivity contribution is 5.75. The van der Waals surface area contributed by atoms with Gasteiger partial charge in [0, 0.05) is 20.0 Å². The molecule has 0 aliphatic carbocycles. The molecule has 0 rings (SSSR count). The third-order valence-electron chi connectivity index (χ3n) is 1.95. The van der Waals surface area contributed by atoms with Gasteiger partial charge in [-0.1, -0.05) is 20.8 Å². The maximum absolute atomic E-state index is 11.6. The smallest absolute Gasteiger partial charge is 0.222 e. The number of carbonyl (C=O) groups excluding carboxylic acids is 1. The summed E-state index contributed by atoms with van der Waals surface area (Å²) >= 11 is 0. The minimum absolute atomic E-state index is 0.188. The van der Waals surface area contributed by atoms with Crippen molar-refractivity contribution in [3.63, 3.8) is 0 Å². The van der Waals surface area contributed by atoms with Gasteiger partial charge in [0.25, 0.3) is 0 Å². The zero-order valence-corrected chi connectivity index (χ0v) is 10.2. The maximum Gasteiger partial charge on any atom is 0.222 e. The molecule has 0 aromatic heterocycles. The molecule has 0 bridgehead atoms. The highest BCUT2D eigenvalue weighted by Gasteiger charge is 2.16. The Hall–Kier alpha value is -0.570. The minimum Gasteiger partial charge on any atom is -0.345 e. The zero-order valence-electron chi connectivity index (χ0n) is 10.2. The molecule has 0 unspecified atom stereocenters. The summed E-state index contributed by atoms with van der Waals surface area (Å²) in [5.74, 6) is 0.246. The molecule has 0 aromatic rings. The Morgan fingerprint density at radius 3 is 2.36 bits per heavy atom. The molecular weight excluding hydrogens is 176 g/mol. The molecule has 0 aliphatic heterocycles. The predicted octanol–water partition coefficient (Wildman–Crippen LogP) is 1.49. The first-order valence-electron chi connectivity index (χ1n) is 5.25. The van der Waals surface area contributed by atoms with Gasteiger partial charge in [0.1, 0.15) is 0 Å². The largest absolute Gasteiger partial charge is 0.345 e. The molecule has 0 saturated carbocycles. The summed E-state index contributed by atoms with van der Waals surface area (Å²) < 4.78 is 0. The summed E-state index contributed by atoms with van der Waals surface area (Å²) in [7, 11) is 3.79. The number of nitrogens with zero attached hydrogens (tertiary/aromatic N) is 1. The van der Waals surface area contributed by atoms with E-state index in [1.165, 1.54) is 0 Å². The highest BCUT2D eigenvalue weighted by Crippen LogP contribution is 2.14. The van der Waals surface area contributed by atoms with E-state index in [1.807, 2.05) is 19.0 Å². The lowest BCUT2D eigenvalue weighted by Crippen LogP contribution is -2.34. The third-order valence-corrected chi connectivity index (χ3v) is 1.95. The summed E-state index contributed by atoms with van der Waals surface area (Å²) in [4.78, 5) is 13.4. The molecule has 0 atom stereocenters. The van der Waals surface area contributed by atoms with Crippen molar-refractivity contribution >= 4 is 5.91 Å². The van der Waals surface area contributed by atoms with E-state index in [0.717, 1.165) is 19.5 Å². The van der Waals surface area contributed by atoms with Gasteiger partial charge in [-0.05, 0) is 25.4 Å². The van der Waals surface area contributed by atoms with E-state index in [1.54, 1.807) is 0 Å². The van der Waals surface area contributed by atoms with Crippen LogP contribution in [0.15, 0.2) is 0 Å². The van der Waals surface area contributed by atoms with Crippen LogP contribution < -0.4 is 5.32 Å². The van der Waals surface area contributed by atoms with Crippen LogP contribution in [0.5, 0.6) is 0 Å². The van der Waals surface area contributed by atoms with Crippen molar-refractivity contribution in [3.05, 3.63) is 0 Å². The minimum atomic E-state index is 0.188. The molecule has 0 radical (unpaired) electrons. The maximum atomic E-state index is 11.6. The Balaban J connectivity index is 3.77. The monoisotopic (exact) mass is 200 g/mol. The Morgan fingerprint density at radius 1 is 1.36 bits per heavy atom. The Morgan fingerprint density at radius 2 is 1.93 bits per heavy atom. The van der Waals surface area contributed by atoms with E-state index in [9.17, 15) is 4.79 Å². The Labute approximate surface area is 87.9 Å². The van der Waals surface area contributed by atoms with Gasteiger partial charge in [-0.25, -0.2) is 0 Å². The summed E-state index contributed by atoms with van der Waals surface area (Å²) in [6, 6.07) is 0. The van der Waals surface area contributed by atoms with Crippen LogP contribution in [0.25, 0.3) is 0 Å². The fourth-order valence-electron chi connectivity index (χ4n) is 1.41. The molecule has 1 N–H and O–H groups in total. The lowest BCUT2D eigenvalue weighted by atomic mass is 9.96. The first-order valence-corrected chi connectivity index (χ1v) is 5.25. The summed E-state index contributed by atoms with van der Waals surface area (Å²) in [5.41, 5.74) is 0.188. The van der Waals surface area contributed by atoms with Crippen molar-refractivity contribution < 1.29 is 4.79 Å². The third kappa shape index (κ3) is 6.89. The molecule has 3 nitrogen and oxygen atoms in total. The van der Waals surface area contributed by atoms with Crippen molar-refractivity contribution in [2.75, 3.05) is 27.2 Å². The van der Waals surface area contributed by atoms with E-state index in [0.29, 0.717) is 6.42 Å². The fraction of sp³-hybridized carbons (Fsp3) is 0.909. The number of hydrogen-bond acceptors (Lipinski definition) is 2. The lowest BCUT2D eigenvalue weighted by molar-refractivity contribution is -0.131. The van der Waals surface area contributed by atoms with Crippen LogP contribution in [0.2, 0.25) is 0 Å². The fourth-order valence-corrected chi connectivity index (χ4v) is 1.41. The van der Waals surface area contributed by atoms with Gasteiger partial charge in [-0.3, -0.25) is 4.79 Å². The normalized spacial score (nSPS) is 11.5. The van der Waals surface area contributed by atoms with E-state index in [4.69, 9.17) is 0 Å². The van der Waals surface area contributed by atoms with Crippen LogP contribution in [-0.2, 0) is 4.79 Å². The molecule has 84 valence electrons. The van der Waals surface area contributed by atoms with Crippen molar-refractivity contribution in [1.29, 1.82) is 0 Å². The summed E-state index contributed by atoms with van der Waals surface area (Å²) in [5, 5.41) is 3.04. The van der Waals surface area contributed by atoms with Gasteiger partial charge in [-0.2, -0.15) is 0 Å². The van der Waals surface area contributed by atoms with Crippen LogP contribution in [0.3, 0.4) is 0 Å². The Kier molecular flexibility index (Phi) is 5.77. The molecule has 0 aliphatic rings. The average Bonchev–Trinajstić information content (AvgIpc) is 2.01. The van der Waals surface area contributed by atoms with Crippen molar-refractivity contribution in [2.45, 2.75) is 33.6 Å². The molecule has 0 heterocycles. The number of amides is 1. The molecular formula is C11H24N2O. The van der Waals surface area contributed by atoms with Crippen molar-refractivity contribution in [3.8, 4) is 0 Å². The lowest BCUT2D eigenvalue weighted by Gasteiger charge is -2.26. The second-order valence-corrected chi connectivity index (χ2v) is 5.02. The molecule has 0 fully saturated rings. The second-order valence-electron chi connectivity index (χ2n) is 5.02. The highest BCUT2D eigenvalue weighted by atomic mass is 16.2. The number of nitrogens with one attached hydrogen (secondary N) is 1. The molecule has 1 amide bonds. The van der Waals surface area contributed by atoms with Crippen LogP contribution in [0, 0.1) is 5.41 Å². The Bertz CT molecular complexity index is 173. The van der Waals surface area contributed by atoms with Crippen molar-refractivity contribution in [2.24, 2.45) is 5.41 Å². The zero-order chi connectivity index (χ0) is 11.2. The van der Waals surface area contributed by atoms with Gasteiger partial charge in [0.05, 0.1) is 0 Å². The van der Waals surface area contributed by atoms with E-state index < -0.39 is 0 Å². The van der Waals surface area contributed by atoms with Gasteiger partial charge in [0.2, 0.25) is 5.91 Å². The van der Waals surface area contributed by atoms with Gasteiger partial charge in [0.15, 0.2) is 0 Å². The summed E-state index contributed by atoms with van der Waals surface area (Å²) in [6.45, 7) is 8.17. The number of hydrogen-bond donors (Lipinski definition) is 1. The number of rotatable bonds is 5. The molecule has 0 spiro atoms.